The number of aromatic nitrogens is 1. The first-order chi connectivity index (χ1) is 9.08. The molecule has 1 aromatic carbocycles. The van der Waals surface area contributed by atoms with Gasteiger partial charge in [0.25, 0.3) is 5.91 Å². The number of hydrogen-bond donors (Lipinski definition) is 0. The Kier molecular flexibility index (Phi) is 4.53. The van der Waals surface area contributed by atoms with Gasteiger partial charge in [0, 0.05) is 23.8 Å². The molecule has 1 unspecified atom stereocenters. The van der Waals surface area contributed by atoms with Gasteiger partial charge in [0.05, 0.1) is 5.52 Å². The third-order valence-corrected chi connectivity index (χ3v) is 3.48. The van der Waals surface area contributed by atoms with E-state index in [1.54, 1.807) is 11.0 Å². The van der Waals surface area contributed by atoms with Gasteiger partial charge in [-0.2, -0.15) is 0 Å². The topological polar surface area (TPSA) is 33.2 Å². The van der Waals surface area contributed by atoms with Crippen molar-refractivity contribution in [2.24, 2.45) is 0 Å². The molecule has 0 saturated heterocycles. The van der Waals surface area contributed by atoms with Crippen molar-refractivity contribution in [3.05, 3.63) is 42.1 Å². The molecule has 1 atom stereocenters. The van der Waals surface area contributed by atoms with Crippen molar-refractivity contribution in [3.8, 4) is 0 Å². The molecule has 4 heteroatoms. The monoisotopic (exact) mass is 320 g/mol. The predicted octanol–water partition coefficient (Wildman–Crippen LogP) is 3.48. The summed E-state index contributed by atoms with van der Waals surface area (Å²) in [6.07, 6.45) is 0.926. The van der Waals surface area contributed by atoms with Gasteiger partial charge in [-0.1, -0.05) is 47.1 Å². The zero-order chi connectivity index (χ0) is 13.8. The Morgan fingerprint density at radius 1 is 1.32 bits per heavy atom. The minimum atomic E-state index is -0.0288. The summed E-state index contributed by atoms with van der Waals surface area (Å²) in [5.74, 6) is -0.0288. The fraction of sp³-hybridized carbons (Fsp3) is 0.333. The number of alkyl halides is 1. The van der Waals surface area contributed by atoms with Crippen LogP contribution in [0.3, 0.4) is 0 Å². The summed E-state index contributed by atoms with van der Waals surface area (Å²) in [7, 11) is 1.81. The van der Waals surface area contributed by atoms with Crippen LogP contribution in [-0.4, -0.2) is 34.2 Å². The number of rotatable bonds is 4. The van der Waals surface area contributed by atoms with Gasteiger partial charge in [-0.3, -0.25) is 4.79 Å². The third kappa shape index (κ3) is 3.53. The molecule has 0 bridgehead atoms. The van der Waals surface area contributed by atoms with Crippen molar-refractivity contribution < 1.29 is 4.79 Å². The number of carbonyl (C=O) groups is 1. The van der Waals surface area contributed by atoms with Crippen LogP contribution in [0.1, 0.15) is 23.8 Å². The van der Waals surface area contributed by atoms with Gasteiger partial charge in [0.1, 0.15) is 5.69 Å². The van der Waals surface area contributed by atoms with Crippen LogP contribution in [-0.2, 0) is 0 Å². The van der Waals surface area contributed by atoms with E-state index in [0.29, 0.717) is 10.5 Å². The fourth-order valence-corrected chi connectivity index (χ4v) is 2.06. The minimum absolute atomic E-state index is 0.0288. The molecule has 1 aromatic heterocycles. The molecule has 0 saturated carbocycles. The van der Waals surface area contributed by atoms with Crippen molar-refractivity contribution >= 4 is 32.7 Å². The van der Waals surface area contributed by atoms with Crippen LogP contribution in [0, 0.1) is 0 Å². The van der Waals surface area contributed by atoms with Crippen LogP contribution in [0.2, 0.25) is 0 Å². The Hall–Kier alpha value is -1.42. The standard InChI is InChI=1S/C15H17BrN2O/c1-11(16)9-10-18(2)15(19)14-8-7-12-5-3-4-6-13(12)17-14/h3-8,11H,9-10H2,1-2H3. The van der Waals surface area contributed by atoms with Crippen LogP contribution < -0.4 is 0 Å². The molecule has 0 fully saturated rings. The average molecular weight is 321 g/mol. The highest BCUT2D eigenvalue weighted by Crippen LogP contribution is 2.13. The van der Waals surface area contributed by atoms with E-state index >= 15 is 0 Å². The molecule has 1 heterocycles. The Morgan fingerprint density at radius 2 is 2.05 bits per heavy atom. The number of halogens is 1. The van der Waals surface area contributed by atoms with Gasteiger partial charge in [-0.05, 0) is 18.6 Å². The third-order valence-electron chi connectivity index (χ3n) is 3.03. The van der Waals surface area contributed by atoms with Gasteiger partial charge >= 0.3 is 0 Å². The molecular weight excluding hydrogens is 304 g/mol. The number of hydrogen-bond acceptors (Lipinski definition) is 2. The number of fused-ring (bicyclic) bond motifs is 1. The van der Waals surface area contributed by atoms with Gasteiger partial charge in [-0.25, -0.2) is 4.98 Å². The lowest BCUT2D eigenvalue weighted by Gasteiger charge is -2.17. The Bertz CT molecular complexity index is 583. The van der Waals surface area contributed by atoms with Crippen molar-refractivity contribution in [3.63, 3.8) is 0 Å². The molecule has 0 spiro atoms. The van der Waals surface area contributed by atoms with Crippen molar-refractivity contribution in [2.45, 2.75) is 18.2 Å². The van der Waals surface area contributed by atoms with Gasteiger partial charge in [0.2, 0.25) is 0 Å². The molecule has 0 aliphatic carbocycles. The maximum atomic E-state index is 12.2. The van der Waals surface area contributed by atoms with E-state index in [-0.39, 0.29) is 5.91 Å². The zero-order valence-corrected chi connectivity index (χ0v) is 12.7. The Balaban J connectivity index is 2.16. The van der Waals surface area contributed by atoms with E-state index in [9.17, 15) is 4.79 Å². The second-order valence-corrected chi connectivity index (χ2v) is 6.25. The largest absolute Gasteiger partial charge is 0.340 e. The van der Waals surface area contributed by atoms with E-state index in [1.165, 1.54) is 0 Å². The summed E-state index contributed by atoms with van der Waals surface area (Å²) in [6, 6.07) is 11.5. The van der Waals surface area contributed by atoms with Crippen LogP contribution in [0.4, 0.5) is 0 Å². The smallest absolute Gasteiger partial charge is 0.272 e. The molecule has 2 aromatic rings. The lowest BCUT2D eigenvalue weighted by molar-refractivity contribution is 0.0788. The first kappa shape index (κ1) is 14.0. The van der Waals surface area contributed by atoms with Crippen molar-refractivity contribution in [1.82, 2.24) is 9.88 Å². The SMILES string of the molecule is CC(Br)CCN(C)C(=O)c1ccc2ccccc2n1. The summed E-state index contributed by atoms with van der Waals surface area (Å²) in [5.41, 5.74) is 1.36. The van der Waals surface area contributed by atoms with Crippen LogP contribution in [0.5, 0.6) is 0 Å². The summed E-state index contributed by atoms with van der Waals surface area (Å²) >= 11 is 3.49. The van der Waals surface area contributed by atoms with Crippen LogP contribution in [0.15, 0.2) is 36.4 Å². The van der Waals surface area contributed by atoms with E-state index in [1.807, 2.05) is 37.4 Å². The summed E-state index contributed by atoms with van der Waals surface area (Å²) in [4.78, 5) is 18.8. The Labute approximate surface area is 121 Å². The van der Waals surface area contributed by atoms with Gasteiger partial charge in [-0.15, -0.1) is 0 Å². The highest BCUT2D eigenvalue weighted by molar-refractivity contribution is 9.09. The Morgan fingerprint density at radius 3 is 2.79 bits per heavy atom. The minimum Gasteiger partial charge on any atom is -0.340 e. The van der Waals surface area contributed by atoms with Crippen LogP contribution >= 0.6 is 15.9 Å². The number of benzene rings is 1. The molecule has 19 heavy (non-hydrogen) atoms. The number of nitrogens with zero attached hydrogens (tertiary/aromatic N) is 2. The molecule has 0 N–H and O–H groups in total. The normalized spacial score (nSPS) is 12.4. The molecule has 0 radical (unpaired) electrons. The summed E-state index contributed by atoms with van der Waals surface area (Å²) in [6.45, 7) is 2.80. The number of carbonyl (C=O) groups excluding carboxylic acids is 1. The molecule has 0 aliphatic heterocycles. The first-order valence-electron chi connectivity index (χ1n) is 6.33. The highest BCUT2D eigenvalue weighted by atomic mass is 79.9. The summed E-state index contributed by atoms with van der Waals surface area (Å²) < 4.78 is 0. The molecule has 0 aliphatic rings. The molecular formula is C15H17BrN2O. The van der Waals surface area contributed by atoms with Crippen molar-refractivity contribution in [1.29, 1.82) is 0 Å². The number of amides is 1. The first-order valence-corrected chi connectivity index (χ1v) is 7.25. The lowest BCUT2D eigenvalue weighted by atomic mass is 10.2. The second-order valence-electron chi connectivity index (χ2n) is 4.69. The molecule has 2 rings (SSSR count). The fourth-order valence-electron chi connectivity index (χ4n) is 1.85. The second kappa shape index (κ2) is 6.15. The van der Waals surface area contributed by atoms with Crippen LogP contribution in [0.25, 0.3) is 10.9 Å². The van der Waals surface area contributed by atoms with Gasteiger partial charge in [0.15, 0.2) is 0 Å². The maximum absolute atomic E-state index is 12.2. The van der Waals surface area contributed by atoms with E-state index in [0.717, 1.165) is 23.9 Å². The average Bonchev–Trinajstić information content (AvgIpc) is 2.43. The number of pyridine rings is 1. The lowest BCUT2D eigenvalue weighted by Crippen LogP contribution is -2.29. The molecule has 3 nitrogen and oxygen atoms in total. The highest BCUT2D eigenvalue weighted by Gasteiger charge is 2.13. The predicted molar refractivity (Wildman–Crippen MR) is 81.7 cm³/mol. The van der Waals surface area contributed by atoms with E-state index < -0.39 is 0 Å². The molecule has 1 amide bonds. The van der Waals surface area contributed by atoms with Crippen molar-refractivity contribution in [2.75, 3.05) is 13.6 Å². The zero-order valence-electron chi connectivity index (χ0n) is 11.1. The van der Waals surface area contributed by atoms with E-state index in [2.05, 4.69) is 27.8 Å². The van der Waals surface area contributed by atoms with E-state index in [4.69, 9.17) is 0 Å². The number of para-hydroxylation sites is 1. The van der Waals surface area contributed by atoms with Gasteiger partial charge < -0.3 is 4.90 Å². The summed E-state index contributed by atoms with van der Waals surface area (Å²) in [5, 5.41) is 1.05. The quantitative estimate of drug-likeness (QED) is 0.808. The maximum Gasteiger partial charge on any atom is 0.272 e. The molecule has 100 valence electrons.